The van der Waals surface area contributed by atoms with Crippen LogP contribution in [0.2, 0.25) is 5.02 Å². The molecule has 22 heavy (non-hydrogen) atoms. The van der Waals surface area contributed by atoms with E-state index in [2.05, 4.69) is 15.4 Å². The Kier molecular flexibility index (Phi) is 8.16. The van der Waals surface area contributed by atoms with Crippen molar-refractivity contribution in [1.82, 2.24) is 5.32 Å². The number of ether oxygens (including phenoxy) is 2. The van der Waals surface area contributed by atoms with Gasteiger partial charge in [0.15, 0.2) is 5.11 Å². The summed E-state index contributed by atoms with van der Waals surface area (Å²) in [4.78, 5) is 11.6. The van der Waals surface area contributed by atoms with E-state index in [0.29, 0.717) is 34.5 Å². The number of anilines is 1. The Labute approximate surface area is 141 Å². The van der Waals surface area contributed by atoms with E-state index in [4.69, 9.17) is 28.6 Å². The molecule has 0 aliphatic carbocycles. The van der Waals surface area contributed by atoms with Crippen LogP contribution in [0.5, 0.6) is 0 Å². The van der Waals surface area contributed by atoms with Gasteiger partial charge in [-0.05, 0) is 50.7 Å². The van der Waals surface area contributed by atoms with Gasteiger partial charge >= 0.3 is 5.97 Å². The first-order valence-electron chi connectivity index (χ1n) is 6.98. The maximum atomic E-state index is 11.6. The predicted molar refractivity (Wildman–Crippen MR) is 92.7 cm³/mol. The summed E-state index contributed by atoms with van der Waals surface area (Å²) in [6.45, 7) is 5.38. The van der Waals surface area contributed by atoms with Gasteiger partial charge in [0.1, 0.15) is 0 Å². The fourth-order valence-corrected chi connectivity index (χ4v) is 2.05. The molecule has 0 unspecified atom stereocenters. The molecule has 0 fully saturated rings. The van der Waals surface area contributed by atoms with Crippen molar-refractivity contribution in [3.63, 3.8) is 0 Å². The monoisotopic (exact) mass is 344 g/mol. The fourth-order valence-electron chi connectivity index (χ4n) is 1.64. The van der Waals surface area contributed by atoms with Gasteiger partial charge in [-0.1, -0.05) is 11.6 Å². The molecule has 0 atom stereocenters. The topological polar surface area (TPSA) is 59.6 Å². The zero-order valence-electron chi connectivity index (χ0n) is 12.9. The molecule has 7 heteroatoms. The van der Waals surface area contributed by atoms with Crippen molar-refractivity contribution in [1.29, 1.82) is 0 Å². The number of nitrogens with one attached hydrogen (secondary N) is 2. The minimum Gasteiger partial charge on any atom is -0.465 e. The number of carbonyl (C=O) groups excluding carboxylic acids is 1. The van der Waals surface area contributed by atoms with E-state index in [9.17, 15) is 4.79 Å². The van der Waals surface area contributed by atoms with E-state index < -0.39 is 5.97 Å². The number of rotatable bonds is 7. The minimum atomic E-state index is -0.488. The third-order valence-corrected chi connectivity index (χ3v) is 3.26. The zero-order valence-corrected chi connectivity index (χ0v) is 14.5. The van der Waals surface area contributed by atoms with Crippen LogP contribution in [0, 0.1) is 0 Å². The van der Waals surface area contributed by atoms with Gasteiger partial charge in [-0.2, -0.15) is 0 Å². The summed E-state index contributed by atoms with van der Waals surface area (Å²) in [5.74, 6) is -0.488. The van der Waals surface area contributed by atoms with Crippen molar-refractivity contribution >= 4 is 40.6 Å². The SMILES string of the molecule is COC(=O)c1cc(NC(=S)NCCCOC(C)C)ccc1Cl. The normalized spacial score (nSPS) is 10.4. The maximum Gasteiger partial charge on any atom is 0.339 e. The molecule has 0 saturated carbocycles. The maximum absolute atomic E-state index is 11.6. The number of hydrogen-bond donors (Lipinski definition) is 2. The third-order valence-electron chi connectivity index (χ3n) is 2.69. The summed E-state index contributed by atoms with van der Waals surface area (Å²) >= 11 is 11.2. The second-order valence-electron chi connectivity index (χ2n) is 4.84. The zero-order chi connectivity index (χ0) is 16.5. The van der Waals surface area contributed by atoms with Crippen LogP contribution in [0.3, 0.4) is 0 Å². The Bertz CT molecular complexity index is 524. The first-order chi connectivity index (χ1) is 10.4. The highest BCUT2D eigenvalue weighted by atomic mass is 35.5. The molecule has 1 rings (SSSR count). The molecule has 0 saturated heterocycles. The number of esters is 1. The first kappa shape index (κ1) is 18.7. The Balaban J connectivity index is 2.46. The highest BCUT2D eigenvalue weighted by Gasteiger charge is 2.11. The molecule has 1 aromatic carbocycles. The predicted octanol–water partition coefficient (Wildman–Crippen LogP) is 3.23. The highest BCUT2D eigenvalue weighted by Crippen LogP contribution is 2.21. The lowest BCUT2D eigenvalue weighted by Crippen LogP contribution is -2.30. The number of thiocarbonyl (C=S) groups is 1. The van der Waals surface area contributed by atoms with Gasteiger partial charge in [0.25, 0.3) is 0 Å². The molecule has 1 aromatic rings. The van der Waals surface area contributed by atoms with Crippen LogP contribution >= 0.6 is 23.8 Å². The molecule has 0 bridgehead atoms. The number of halogens is 1. The molecule has 5 nitrogen and oxygen atoms in total. The van der Waals surface area contributed by atoms with Crippen molar-refractivity contribution in [2.24, 2.45) is 0 Å². The van der Waals surface area contributed by atoms with E-state index in [1.807, 2.05) is 13.8 Å². The van der Waals surface area contributed by atoms with E-state index in [1.54, 1.807) is 18.2 Å². The van der Waals surface area contributed by atoms with E-state index in [-0.39, 0.29) is 6.10 Å². The van der Waals surface area contributed by atoms with Gasteiger partial charge in [-0.3, -0.25) is 0 Å². The molecule has 2 N–H and O–H groups in total. The molecule has 0 amide bonds. The van der Waals surface area contributed by atoms with E-state index >= 15 is 0 Å². The van der Waals surface area contributed by atoms with Crippen LogP contribution in [0.15, 0.2) is 18.2 Å². The molecule has 0 aliphatic heterocycles. The van der Waals surface area contributed by atoms with Crippen molar-refractivity contribution in [2.75, 3.05) is 25.6 Å². The lowest BCUT2D eigenvalue weighted by atomic mass is 10.2. The molecule has 0 heterocycles. The van der Waals surface area contributed by atoms with Crippen LogP contribution in [0.1, 0.15) is 30.6 Å². The minimum absolute atomic E-state index is 0.232. The van der Waals surface area contributed by atoms with Crippen LogP contribution in [-0.4, -0.2) is 37.4 Å². The van der Waals surface area contributed by atoms with Crippen molar-refractivity contribution in [2.45, 2.75) is 26.4 Å². The molecule has 0 radical (unpaired) electrons. The summed E-state index contributed by atoms with van der Waals surface area (Å²) in [7, 11) is 1.31. The average Bonchev–Trinajstić information content (AvgIpc) is 2.47. The number of hydrogen-bond acceptors (Lipinski definition) is 4. The Morgan fingerprint density at radius 2 is 2.14 bits per heavy atom. The lowest BCUT2D eigenvalue weighted by Gasteiger charge is -2.12. The van der Waals surface area contributed by atoms with Gasteiger partial charge in [0.2, 0.25) is 0 Å². The fraction of sp³-hybridized carbons (Fsp3) is 0.467. The van der Waals surface area contributed by atoms with Gasteiger partial charge < -0.3 is 20.1 Å². The average molecular weight is 345 g/mol. The number of carbonyl (C=O) groups is 1. The Morgan fingerprint density at radius 1 is 1.41 bits per heavy atom. The molecule has 0 spiro atoms. The molecule has 122 valence electrons. The third kappa shape index (κ3) is 6.60. The quantitative estimate of drug-likeness (QED) is 0.450. The summed E-state index contributed by atoms with van der Waals surface area (Å²) in [5, 5.41) is 6.88. The summed E-state index contributed by atoms with van der Waals surface area (Å²) in [6, 6.07) is 4.96. The number of methoxy groups -OCH3 is 1. The van der Waals surface area contributed by atoms with Crippen LogP contribution in [-0.2, 0) is 9.47 Å². The van der Waals surface area contributed by atoms with Crippen LogP contribution < -0.4 is 10.6 Å². The largest absolute Gasteiger partial charge is 0.465 e. The second-order valence-corrected chi connectivity index (χ2v) is 5.66. The van der Waals surface area contributed by atoms with Gasteiger partial charge in [0, 0.05) is 18.8 Å². The number of benzene rings is 1. The summed E-state index contributed by atoms with van der Waals surface area (Å²) < 4.78 is 10.1. The van der Waals surface area contributed by atoms with Crippen molar-refractivity contribution < 1.29 is 14.3 Å². The Hall–Kier alpha value is -1.37. The highest BCUT2D eigenvalue weighted by molar-refractivity contribution is 7.80. The lowest BCUT2D eigenvalue weighted by molar-refractivity contribution is 0.0601. The van der Waals surface area contributed by atoms with E-state index in [0.717, 1.165) is 6.42 Å². The van der Waals surface area contributed by atoms with Crippen molar-refractivity contribution in [3.05, 3.63) is 28.8 Å². The smallest absolute Gasteiger partial charge is 0.339 e. The first-order valence-corrected chi connectivity index (χ1v) is 7.77. The summed E-state index contributed by atoms with van der Waals surface area (Å²) in [5.41, 5.74) is 0.961. The van der Waals surface area contributed by atoms with Gasteiger partial charge in [-0.15, -0.1) is 0 Å². The van der Waals surface area contributed by atoms with Gasteiger partial charge in [-0.25, -0.2) is 4.79 Å². The molecular weight excluding hydrogens is 324 g/mol. The van der Waals surface area contributed by atoms with Gasteiger partial charge in [0.05, 0.1) is 23.8 Å². The second kappa shape index (κ2) is 9.61. The van der Waals surface area contributed by atoms with Crippen LogP contribution in [0.25, 0.3) is 0 Å². The molecule has 0 aromatic heterocycles. The van der Waals surface area contributed by atoms with E-state index in [1.165, 1.54) is 7.11 Å². The van der Waals surface area contributed by atoms with Crippen LogP contribution in [0.4, 0.5) is 5.69 Å². The standard InChI is InChI=1S/C15H21ClN2O3S/c1-10(2)21-8-4-7-17-15(22)18-11-5-6-13(16)12(9-11)14(19)20-3/h5-6,9-10H,4,7-8H2,1-3H3,(H2,17,18,22). The van der Waals surface area contributed by atoms with Crippen molar-refractivity contribution in [3.8, 4) is 0 Å². The summed E-state index contributed by atoms with van der Waals surface area (Å²) in [6.07, 6.45) is 1.09. The molecular formula is C15H21ClN2O3S. The Morgan fingerprint density at radius 3 is 2.77 bits per heavy atom. The molecule has 0 aliphatic rings.